The van der Waals surface area contributed by atoms with E-state index in [-0.39, 0.29) is 11.5 Å². The number of methoxy groups -OCH3 is 1. The van der Waals surface area contributed by atoms with Gasteiger partial charge in [0.1, 0.15) is 11.9 Å². The SMILES string of the molecule is COC(C(C)C)C(O)c1ccc(Cl)cc1F. The van der Waals surface area contributed by atoms with E-state index in [2.05, 4.69) is 0 Å². The molecule has 2 atom stereocenters. The first-order chi connectivity index (χ1) is 7.47. The van der Waals surface area contributed by atoms with Crippen LogP contribution in [-0.2, 0) is 4.74 Å². The fourth-order valence-electron chi connectivity index (χ4n) is 1.68. The van der Waals surface area contributed by atoms with Gasteiger partial charge in [-0.25, -0.2) is 4.39 Å². The highest BCUT2D eigenvalue weighted by Gasteiger charge is 2.26. The Bertz CT molecular complexity index is 355. The minimum Gasteiger partial charge on any atom is -0.386 e. The van der Waals surface area contributed by atoms with Crippen molar-refractivity contribution in [1.82, 2.24) is 0 Å². The van der Waals surface area contributed by atoms with Crippen molar-refractivity contribution in [1.29, 1.82) is 0 Å². The van der Waals surface area contributed by atoms with Crippen molar-refractivity contribution in [2.24, 2.45) is 5.92 Å². The smallest absolute Gasteiger partial charge is 0.130 e. The molecule has 0 bridgehead atoms. The van der Waals surface area contributed by atoms with Crippen molar-refractivity contribution in [3.8, 4) is 0 Å². The summed E-state index contributed by atoms with van der Waals surface area (Å²) in [4.78, 5) is 0. The van der Waals surface area contributed by atoms with Gasteiger partial charge in [0, 0.05) is 17.7 Å². The van der Waals surface area contributed by atoms with Crippen LogP contribution in [0.1, 0.15) is 25.5 Å². The van der Waals surface area contributed by atoms with Gasteiger partial charge in [-0.05, 0) is 18.1 Å². The van der Waals surface area contributed by atoms with Crippen LogP contribution >= 0.6 is 11.6 Å². The zero-order valence-corrected chi connectivity index (χ0v) is 10.3. The van der Waals surface area contributed by atoms with Crippen LogP contribution in [-0.4, -0.2) is 18.3 Å². The predicted molar refractivity (Wildman–Crippen MR) is 62.0 cm³/mol. The van der Waals surface area contributed by atoms with Crippen LogP contribution < -0.4 is 0 Å². The fourth-order valence-corrected chi connectivity index (χ4v) is 1.84. The molecule has 0 heterocycles. The summed E-state index contributed by atoms with van der Waals surface area (Å²) in [5.74, 6) is -0.419. The van der Waals surface area contributed by atoms with Gasteiger partial charge in [0.2, 0.25) is 0 Å². The molecule has 1 aromatic carbocycles. The molecule has 16 heavy (non-hydrogen) atoms. The maximum atomic E-state index is 13.6. The second-order valence-electron chi connectivity index (χ2n) is 4.06. The Morgan fingerprint density at radius 2 is 2.00 bits per heavy atom. The molecule has 0 amide bonds. The molecule has 0 aliphatic rings. The molecular formula is C12H16ClFO2. The highest BCUT2D eigenvalue weighted by Crippen LogP contribution is 2.27. The van der Waals surface area contributed by atoms with E-state index in [4.69, 9.17) is 16.3 Å². The minimum atomic E-state index is -0.984. The highest BCUT2D eigenvalue weighted by molar-refractivity contribution is 6.30. The average molecular weight is 247 g/mol. The molecule has 2 unspecified atom stereocenters. The summed E-state index contributed by atoms with van der Waals surface area (Å²) >= 11 is 5.64. The van der Waals surface area contributed by atoms with Crippen LogP contribution in [0, 0.1) is 11.7 Å². The summed E-state index contributed by atoms with van der Waals surface area (Å²) in [6.45, 7) is 3.82. The van der Waals surface area contributed by atoms with Gasteiger partial charge in [0.15, 0.2) is 0 Å². The molecule has 2 nitrogen and oxygen atoms in total. The molecule has 0 saturated carbocycles. The Morgan fingerprint density at radius 1 is 1.38 bits per heavy atom. The van der Waals surface area contributed by atoms with Gasteiger partial charge >= 0.3 is 0 Å². The third-order valence-corrected chi connectivity index (χ3v) is 2.76. The molecule has 0 fully saturated rings. The van der Waals surface area contributed by atoms with Crippen molar-refractivity contribution in [2.45, 2.75) is 26.1 Å². The number of ether oxygens (including phenoxy) is 1. The van der Waals surface area contributed by atoms with Gasteiger partial charge in [0.05, 0.1) is 6.10 Å². The quantitative estimate of drug-likeness (QED) is 0.884. The van der Waals surface area contributed by atoms with Crippen molar-refractivity contribution in [2.75, 3.05) is 7.11 Å². The van der Waals surface area contributed by atoms with Gasteiger partial charge in [-0.1, -0.05) is 31.5 Å². The summed E-state index contributed by atoms with van der Waals surface area (Å²) in [5, 5.41) is 10.3. The van der Waals surface area contributed by atoms with Crippen molar-refractivity contribution >= 4 is 11.6 Å². The molecular weight excluding hydrogens is 231 g/mol. The standard InChI is InChI=1S/C12H16ClFO2/c1-7(2)12(16-3)11(15)9-5-4-8(13)6-10(9)14/h4-7,11-12,15H,1-3H3. The highest BCUT2D eigenvalue weighted by atomic mass is 35.5. The Morgan fingerprint density at radius 3 is 2.44 bits per heavy atom. The molecule has 0 aliphatic carbocycles. The van der Waals surface area contributed by atoms with Crippen LogP contribution in [0.3, 0.4) is 0 Å². The number of benzene rings is 1. The van der Waals surface area contributed by atoms with E-state index in [1.165, 1.54) is 19.2 Å². The van der Waals surface area contributed by atoms with E-state index < -0.39 is 18.0 Å². The van der Waals surface area contributed by atoms with Crippen LogP contribution in [0.4, 0.5) is 4.39 Å². The predicted octanol–water partition coefficient (Wildman–Crippen LogP) is 3.18. The number of halogens is 2. The van der Waals surface area contributed by atoms with Crippen molar-refractivity contribution in [3.05, 3.63) is 34.6 Å². The third-order valence-electron chi connectivity index (χ3n) is 2.52. The lowest BCUT2D eigenvalue weighted by Gasteiger charge is -2.25. The number of hydrogen-bond acceptors (Lipinski definition) is 2. The largest absolute Gasteiger partial charge is 0.386 e. The van der Waals surface area contributed by atoms with E-state index >= 15 is 0 Å². The Kier molecular flexibility index (Phi) is 4.71. The van der Waals surface area contributed by atoms with E-state index in [1.807, 2.05) is 13.8 Å². The average Bonchev–Trinajstić information content (AvgIpc) is 2.17. The first-order valence-corrected chi connectivity index (χ1v) is 5.51. The van der Waals surface area contributed by atoms with Crippen molar-refractivity contribution in [3.63, 3.8) is 0 Å². The molecule has 0 aromatic heterocycles. The lowest BCUT2D eigenvalue weighted by molar-refractivity contribution is -0.0404. The van der Waals surface area contributed by atoms with Gasteiger partial charge in [0.25, 0.3) is 0 Å². The van der Waals surface area contributed by atoms with Crippen molar-refractivity contribution < 1.29 is 14.2 Å². The topological polar surface area (TPSA) is 29.5 Å². The maximum absolute atomic E-state index is 13.6. The molecule has 1 aromatic rings. The van der Waals surface area contributed by atoms with E-state index in [0.29, 0.717) is 5.02 Å². The summed E-state index contributed by atoms with van der Waals surface area (Å²) < 4.78 is 18.7. The fraction of sp³-hybridized carbons (Fsp3) is 0.500. The number of aliphatic hydroxyl groups excluding tert-OH is 1. The molecule has 90 valence electrons. The minimum absolute atomic E-state index is 0.0927. The molecule has 0 spiro atoms. The van der Waals surface area contributed by atoms with E-state index in [0.717, 1.165) is 0 Å². The monoisotopic (exact) mass is 246 g/mol. The first kappa shape index (κ1) is 13.4. The lowest BCUT2D eigenvalue weighted by atomic mass is 9.95. The molecule has 1 rings (SSSR count). The first-order valence-electron chi connectivity index (χ1n) is 5.13. The zero-order chi connectivity index (χ0) is 12.3. The number of rotatable bonds is 4. The molecule has 0 saturated heterocycles. The van der Waals surface area contributed by atoms with Gasteiger partial charge in [-0.3, -0.25) is 0 Å². The lowest BCUT2D eigenvalue weighted by Crippen LogP contribution is -2.27. The molecule has 4 heteroatoms. The second-order valence-corrected chi connectivity index (χ2v) is 4.49. The van der Waals surface area contributed by atoms with Crippen LogP contribution in [0.25, 0.3) is 0 Å². The van der Waals surface area contributed by atoms with Crippen LogP contribution in [0.2, 0.25) is 5.02 Å². The third kappa shape index (κ3) is 2.94. The van der Waals surface area contributed by atoms with Crippen LogP contribution in [0.5, 0.6) is 0 Å². The number of hydrogen-bond donors (Lipinski definition) is 1. The summed E-state index contributed by atoms with van der Waals surface area (Å²) in [6.07, 6.45) is -1.42. The van der Waals surface area contributed by atoms with Gasteiger partial charge in [-0.15, -0.1) is 0 Å². The molecule has 0 radical (unpaired) electrons. The Balaban J connectivity index is 2.99. The zero-order valence-electron chi connectivity index (χ0n) is 9.58. The molecule has 0 aliphatic heterocycles. The molecule has 1 N–H and O–H groups in total. The normalized spacial score (nSPS) is 15.2. The summed E-state index contributed by atoms with van der Waals surface area (Å²) in [5.41, 5.74) is 0.213. The second kappa shape index (κ2) is 5.62. The Labute approximate surface area is 100.0 Å². The number of aliphatic hydroxyl groups is 1. The van der Waals surface area contributed by atoms with Crippen LogP contribution in [0.15, 0.2) is 18.2 Å². The maximum Gasteiger partial charge on any atom is 0.130 e. The van der Waals surface area contributed by atoms with Gasteiger partial charge in [-0.2, -0.15) is 0 Å². The van der Waals surface area contributed by atoms with Gasteiger partial charge < -0.3 is 9.84 Å². The summed E-state index contributed by atoms with van der Waals surface area (Å²) in [6, 6.07) is 4.22. The van der Waals surface area contributed by atoms with E-state index in [1.54, 1.807) is 6.07 Å². The van der Waals surface area contributed by atoms with E-state index in [9.17, 15) is 9.50 Å². The Hall–Kier alpha value is -0.640. The summed E-state index contributed by atoms with van der Waals surface area (Å²) in [7, 11) is 1.50.